The summed E-state index contributed by atoms with van der Waals surface area (Å²) >= 11 is 0. The molecule has 6 rings (SSSR count). The SMILES string of the molecule is CCN1C(=O)[C@@H](NC(=O)c2ccc3ncoc3c2)[C@@H](c2ccc(F)cc2)c2c(C)nn(-c3ccccc3)c21. The number of anilines is 1. The smallest absolute Gasteiger partial charge is 0.252 e. The molecule has 2 amide bonds. The van der Waals surface area contributed by atoms with Crippen LogP contribution >= 0.6 is 0 Å². The molecule has 1 aliphatic rings. The number of carbonyl (C=O) groups is 2. The number of oxazole rings is 1. The number of para-hydroxylation sites is 1. The van der Waals surface area contributed by atoms with Crippen molar-refractivity contribution in [3.63, 3.8) is 0 Å². The Morgan fingerprint density at radius 1 is 1.08 bits per heavy atom. The van der Waals surface area contributed by atoms with Gasteiger partial charge in [0.2, 0.25) is 0 Å². The van der Waals surface area contributed by atoms with E-state index in [4.69, 9.17) is 9.52 Å². The Hall–Kier alpha value is -4.79. The van der Waals surface area contributed by atoms with Crippen LogP contribution in [0.3, 0.4) is 0 Å². The lowest BCUT2D eigenvalue weighted by atomic mass is 9.81. The first-order chi connectivity index (χ1) is 18.5. The lowest BCUT2D eigenvalue weighted by Crippen LogP contribution is -2.55. The summed E-state index contributed by atoms with van der Waals surface area (Å²) in [6, 6.07) is 19.6. The molecule has 1 N–H and O–H groups in total. The van der Waals surface area contributed by atoms with Crippen LogP contribution in [0.5, 0.6) is 0 Å². The van der Waals surface area contributed by atoms with Crippen LogP contribution in [0.2, 0.25) is 0 Å². The molecule has 0 aliphatic carbocycles. The van der Waals surface area contributed by atoms with Crippen LogP contribution in [0.25, 0.3) is 16.8 Å². The van der Waals surface area contributed by atoms with Crippen molar-refractivity contribution in [2.45, 2.75) is 25.8 Å². The third kappa shape index (κ3) is 3.83. The zero-order chi connectivity index (χ0) is 26.4. The first-order valence-corrected chi connectivity index (χ1v) is 12.3. The number of nitrogens with zero attached hydrogens (tertiary/aromatic N) is 4. The van der Waals surface area contributed by atoms with Crippen LogP contribution in [0.15, 0.2) is 83.6 Å². The van der Waals surface area contributed by atoms with Gasteiger partial charge in [-0.15, -0.1) is 0 Å². The maximum Gasteiger partial charge on any atom is 0.252 e. The van der Waals surface area contributed by atoms with Gasteiger partial charge in [-0.3, -0.25) is 14.5 Å². The molecule has 0 radical (unpaired) electrons. The number of halogens is 1. The molecule has 8 nitrogen and oxygen atoms in total. The normalized spacial score (nSPS) is 17.0. The molecule has 0 spiro atoms. The van der Waals surface area contributed by atoms with E-state index in [-0.39, 0.29) is 11.7 Å². The predicted octanol–water partition coefficient (Wildman–Crippen LogP) is 4.76. The van der Waals surface area contributed by atoms with Gasteiger partial charge in [0.15, 0.2) is 12.0 Å². The van der Waals surface area contributed by atoms with Crippen LogP contribution in [0.1, 0.15) is 40.0 Å². The summed E-state index contributed by atoms with van der Waals surface area (Å²) in [5.74, 6) is -1.04. The van der Waals surface area contributed by atoms with Crippen molar-refractivity contribution in [1.29, 1.82) is 0 Å². The molecule has 0 bridgehead atoms. The summed E-state index contributed by atoms with van der Waals surface area (Å²) in [5.41, 5.74) is 4.47. The Bertz CT molecular complexity index is 1660. The minimum atomic E-state index is -0.946. The van der Waals surface area contributed by atoms with E-state index in [1.807, 2.05) is 44.2 Å². The second kappa shape index (κ2) is 9.26. The molecule has 9 heteroatoms. The van der Waals surface area contributed by atoms with Crippen molar-refractivity contribution < 1.29 is 18.4 Å². The summed E-state index contributed by atoms with van der Waals surface area (Å²) < 4.78 is 21.0. The monoisotopic (exact) mass is 509 g/mol. The summed E-state index contributed by atoms with van der Waals surface area (Å²) in [4.78, 5) is 33.3. The van der Waals surface area contributed by atoms with E-state index in [0.29, 0.717) is 40.3 Å². The number of hydrogen-bond acceptors (Lipinski definition) is 5. The van der Waals surface area contributed by atoms with Crippen LogP contribution in [0, 0.1) is 12.7 Å². The zero-order valence-corrected chi connectivity index (χ0v) is 20.8. The van der Waals surface area contributed by atoms with Gasteiger partial charge in [-0.25, -0.2) is 14.1 Å². The second-order valence-corrected chi connectivity index (χ2v) is 9.17. The van der Waals surface area contributed by atoms with Gasteiger partial charge in [-0.1, -0.05) is 30.3 Å². The summed E-state index contributed by atoms with van der Waals surface area (Å²) in [6.45, 7) is 4.14. The standard InChI is InChI=1S/C29H24FN5O3/c1-3-34-28-24(17(2)33-35(28)21-7-5-4-6-8-21)25(18-9-12-20(30)13-10-18)26(29(34)37)32-27(36)19-11-14-22-23(15-19)38-16-31-22/h4-16,25-26H,3H2,1-2H3,(H,32,36)/t25-,26-/m0/s1. The number of likely N-dealkylation sites (N-methyl/N-ethyl adjacent to an activating group) is 1. The van der Waals surface area contributed by atoms with E-state index in [1.165, 1.54) is 18.5 Å². The third-order valence-corrected chi connectivity index (χ3v) is 6.94. The van der Waals surface area contributed by atoms with Crippen LogP contribution in [0.4, 0.5) is 10.2 Å². The second-order valence-electron chi connectivity index (χ2n) is 9.17. The van der Waals surface area contributed by atoms with E-state index in [1.54, 1.807) is 39.9 Å². The van der Waals surface area contributed by atoms with Crippen LogP contribution < -0.4 is 10.2 Å². The Balaban J connectivity index is 1.49. The average Bonchev–Trinajstić information content (AvgIpc) is 3.54. The first-order valence-electron chi connectivity index (χ1n) is 12.3. The largest absolute Gasteiger partial charge is 0.443 e. The van der Waals surface area contributed by atoms with Gasteiger partial charge in [0.05, 0.1) is 11.4 Å². The molecule has 38 heavy (non-hydrogen) atoms. The van der Waals surface area contributed by atoms with E-state index in [9.17, 15) is 14.0 Å². The minimum absolute atomic E-state index is 0.277. The molecular formula is C29H24FN5O3. The maximum atomic E-state index is 14.1. The molecule has 1 aliphatic heterocycles. The summed E-state index contributed by atoms with van der Waals surface area (Å²) in [6.07, 6.45) is 1.31. The molecule has 5 aromatic rings. The average molecular weight is 510 g/mol. The van der Waals surface area contributed by atoms with Gasteiger partial charge < -0.3 is 9.73 Å². The van der Waals surface area contributed by atoms with Gasteiger partial charge in [-0.05, 0) is 61.9 Å². The molecule has 0 saturated carbocycles. The highest BCUT2D eigenvalue weighted by Crippen LogP contribution is 2.43. The van der Waals surface area contributed by atoms with Gasteiger partial charge in [0, 0.05) is 23.6 Å². The Kier molecular flexibility index (Phi) is 5.75. The molecule has 2 atom stereocenters. The van der Waals surface area contributed by atoms with Crippen molar-refractivity contribution in [3.05, 3.63) is 107 Å². The number of nitrogens with one attached hydrogen (secondary N) is 1. The third-order valence-electron chi connectivity index (χ3n) is 6.94. The van der Waals surface area contributed by atoms with Crippen molar-refractivity contribution in [1.82, 2.24) is 20.1 Å². The fourth-order valence-electron chi connectivity index (χ4n) is 5.18. The molecule has 0 fully saturated rings. The predicted molar refractivity (Wildman–Crippen MR) is 140 cm³/mol. The molecule has 0 saturated heterocycles. The number of aryl methyl sites for hydroxylation is 1. The molecule has 3 aromatic carbocycles. The Morgan fingerprint density at radius 3 is 2.58 bits per heavy atom. The fourth-order valence-corrected chi connectivity index (χ4v) is 5.18. The van der Waals surface area contributed by atoms with Crippen molar-refractivity contribution in [2.75, 3.05) is 11.4 Å². The van der Waals surface area contributed by atoms with Gasteiger partial charge >= 0.3 is 0 Å². The van der Waals surface area contributed by atoms with Crippen molar-refractivity contribution >= 4 is 28.7 Å². The van der Waals surface area contributed by atoms with Crippen molar-refractivity contribution in [2.24, 2.45) is 0 Å². The molecule has 2 aromatic heterocycles. The molecule has 190 valence electrons. The number of amides is 2. The lowest BCUT2D eigenvalue weighted by molar-refractivity contribution is -0.121. The highest BCUT2D eigenvalue weighted by Gasteiger charge is 2.45. The van der Waals surface area contributed by atoms with E-state index < -0.39 is 17.9 Å². The Labute approximate surface area is 217 Å². The van der Waals surface area contributed by atoms with Crippen LogP contribution in [-0.4, -0.2) is 39.2 Å². The minimum Gasteiger partial charge on any atom is -0.443 e. The van der Waals surface area contributed by atoms with Gasteiger partial charge in [0.25, 0.3) is 11.8 Å². The Morgan fingerprint density at radius 2 is 1.84 bits per heavy atom. The highest BCUT2D eigenvalue weighted by atomic mass is 19.1. The van der Waals surface area contributed by atoms with E-state index in [0.717, 1.165) is 11.3 Å². The van der Waals surface area contributed by atoms with Gasteiger partial charge in [-0.2, -0.15) is 5.10 Å². The molecule has 0 unspecified atom stereocenters. The maximum absolute atomic E-state index is 14.1. The summed E-state index contributed by atoms with van der Waals surface area (Å²) in [5, 5.41) is 7.77. The highest BCUT2D eigenvalue weighted by molar-refractivity contribution is 6.06. The number of hydrogen-bond donors (Lipinski definition) is 1. The topological polar surface area (TPSA) is 93.3 Å². The number of fused-ring (bicyclic) bond motifs is 2. The lowest BCUT2D eigenvalue weighted by Gasteiger charge is -2.38. The molecular weight excluding hydrogens is 485 g/mol. The van der Waals surface area contributed by atoms with Gasteiger partial charge in [0.1, 0.15) is 23.2 Å². The summed E-state index contributed by atoms with van der Waals surface area (Å²) in [7, 11) is 0. The van der Waals surface area contributed by atoms with E-state index in [2.05, 4.69) is 10.3 Å². The number of rotatable bonds is 5. The van der Waals surface area contributed by atoms with E-state index >= 15 is 0 Å². The van der Waals surface area contributed by atoms with Crippen LogP contribution in [-0.2, 0) is 4.79 Å². The van der Waals surface area contributed by atoms with Crippen molar-refractivity contribution in [3.8, 4) is 5.69 Å². The zero-order valence-electron chi connectivity index (χ0n) is 20.8. The fraction of sp³-hybridized carbons (Fsp3) is 0.172. The molecule has 3 heterocycles. The number of benzene rings is 3. The number of aromatic nitrogens is 3. The first kappa shape index (κ1) is 23.6. The number of carbonyl (C=O) groups excluding carboxylic acids is 2. The quantitative estimate of drug-likeness (QED) is 0.369.